The highest BCUT2D eigenvalue weighted by Crippen LogP contribution is 2.34. The van der Waals surface area contributed by atoms with Gasteiger partial charge in [-0.15, -0.1) is 0 Å². The zero-order valence-electron chi connectivity index (χ0n) is 11.8. The van der Waals surface area contributed by atoms with Gasteiger partial charge in [0.05, 0.1) is 30.0 Å². The Hall–Kier alpha value is -0.300. The van der Waals surface area contributed by atoms with Crippen molar-refractivity contribution in [2.45, 2.75) is 25.9 Å². The molecule has 1 aromatic carbocycles. The molecule has 0 heterocycles. The van der Waals surface area contributed by atoms with E-state index in [4.69, 9.17) is 9.47 Å². The van der Waals surface area contributed by atoms with Crippen LogP contribution in [0.2, 0.25) is 0 Å². The van der Waals surface area contributed by atoms with Crippen LogP contribution in [0.5, 0.6) is 5.75 Å². The van der Waals surface area contributed by atoms with Crippen molar-refractivity contribution in [2.24, 2.45) is 0 Å². The van der Waals surface area contributed by atoms with Crippen LogP contribution in [0.25, 0.3) is 0 Å². The molecule has 114 valence electrons. The first-order valence-corrected chi connectivity index (χ1v) is 8.19. The van der Waals surface area contributed by atoms with Crippen LogP contribution < -0.4 is 10.1 Å². The summed E-state index contributed by atoms with van der Waals surface area (Å²) in [5, 5.41) is 13.0. The lowest BCUT2D eigenvalue weighted by Crippen LogP contribution is -2.25. The maximum atomic E-state index is 9.84. The van der Waals surface area contributed by atoms with Gasteiger partial charge >= 0.3 is 0 Å². The zero-order valence-corrected chi connectivity index (χ0v) is 15.0. The Morgan fingerprint density at radius 3 is 2.70 bits per heavy atom. The second-order valence-corrected chi connectivity index (χ2v) is 6.14. The van der Waals surface area contributed by atoms with Crippen molar-refractivity contribution >= 4 is 37.5 Å². The number of ether oxygens (including phenoxy) is 2. The minimum absolute atomic E-state index is 0.346. The van der Waals surface area contributed by atoms with E-state index in [1.54, 1.807) is 7.11 Å². The number of halogens is 2. The van der Waals surface area contributed by atoms with E-state index in [9.17, 15) is 5.11 Å². The lowest BCUT2D eigenvalue weighted by Gasteiger charge is -2.15. The Kier molecular flexibility index (Phi) is 8.52. The fraction of sp³-hybridized carbons (Fsp3) is 0.571. The highest BCUT2D eigenvalue weighted by atomic mass is 79.9. The van der Waals surface area contributed by atoms with Gasteiger partial charge in [-0.2, -0.15) is 0 Å². The van der Waals surface area contributed by atoms with E-state index in [0.717, 1.165) is 33.2 Å². The van der Waals surface area contributed by atoms with Gasteiger partial charge in [0.2, 0.25) is 0 Å². The van der Waals surface area contributed by atoms with Gasteiger partial charge in [-0.05, 0) is 44.3 Å². The van der Waals surface area contributed by atoms with Crippen molar-refractivity contribution < 1.29 is 14.6 Å². The van der Waals surface area contributed by atoms with Crippen LogP contribution in [0, 0.1) is 0 Å². The highest BCUT2D eigenvalue weighted by molar-refractivity contribution is 9.11. The van der Waals surface area contributed by atoms with E-state index in [-0.39, 0.29) is 0 Å². The SMILES string of the molecule is CCCCOCC(O)CNc1cc(OC)c(Br)cc1Br. The van der Waals surface area contributed by atoms with Crippen LogP contribution in [0.4, 0.5) is 5.69 Å². The molecule has 0 bridgehead atoms. The summed E-state index contributed by atoms with van der Waals surface area (Å²) in [7, 11) is 1.62. The molecular weight excluding hydrogens is 390 g/mol. The average Bonchev–Trinajstić information content (AvgIpc) is 2.43. The molecule has 0 aliphatic carbocycles. The standard InChI is InChI=1S/C14H21Br2NO3/c1-3-4-5-20-9-10(18)8-17-13-7-14(19-2)12(16)6-11(13)15/h6-7,10,17-18H,3-5,8-9H2,1-2H3. The van der Waals surface area contributed by atoms with E-state index in [2.05, 4.69) is 44.1 Å². The highest BCUT2D eigenvalue weighted by Gasteiger charge is 2.09. The van der Waals surface area contributed by atoms with E-state index in [1.165, 1.54) is 0 Å². The molecule has 6 heteroatoms. The minimum Gasteiger partial charge on any atom is -0.495 e. The third kappa shape index (κ3) is 5.99. The number of methoxy groups -OCH3 is 1. The van der Waals surface area contributed by atoms with Gasteiger partial charge in [0, 0.05) is 23.7 Å². The summed E-state index contributed by atoms with van der Waals surface area (Å²) in [6.07, 6.45) is 1.59. The van der Waals surface area contributed by atoms with Crippen LogP contribution in [0.15, 0.2) is 21.1 Å². The molecule has 0 fully saturated rings. The topological polar surface area (TPSA) is 50.7 Å². The Labute approximate surface area is 137 Å². The number of aliphatic hydroxyl groups excluding tert-OH is 1. The fourth-order valence-electron chi connectivity index (χ4n) is 1.57. The molecule has 0 aliphatic heterocycles. The third-order valence-electron chi connectivity index (χ3n) is 2.72. The molecule has 0 aliphatic rings. The van der Waals surface area contributed by atoms with Gasteiger partial charge in [-0.25, -0.2) is 0 Å². The zero-order chi connectivity index (χ0) is 15.0. The maximum absolute atomic E-state index is 9.84. The first kappa shape index (κ1) is 17.8. The first-order chi connectivity index (χ1) is 9.58. The molecule has 20 heavy (non-hydrogen) atoms. The smallest absolute Gasteiger partial charge is 0.135 e. The molecule has 4 nitrogen and oxygen atoms in total. The molecule has 0 saturated heterocycles. The maximum Gasteiger partial charge on any atom is 0.135 e. The van der Waals surface area contributed by atoms with Crippen LogP contribution in [-0.4, -0.2) is 38.1 Å². The third-order valence-corrected chi connectivity index (χ3v) is 4.00. The summed E-state index contributed by atoms with van der Waals surface area (Å²) < 4.78 is 12.4. The second kappa shape index (κ2) is 9.60. The molecule has 1 aromatic rings. The van der Waals surface area contributed by atoms with Crippen LogP contribution in [-0.2, 0) is 4.74 Å². The van der Waals surface area contributed by atoms with Crippen molar-refractivity contribution in [3.63, 3.8) is 0 Å². The van der Waals surface area contributed by atoms with Crippen LogP contribution >= 0.6 is 31.9 Å². The number of rotatable bonds is 9. The number of hydrogen-bond donors (Lipinski definition) is 2. The van der Waals surface area contributed by atoms with E-state index in [1.807, 2.05) is 12.1 Å². The lowest BCUT2D eigenvalue weighted by atomic mass is 10.3. The van der Waals surface area contributed by atoms with Gasteiger partial charge in [0.1, 0.15) is 5.75 Å². The van der Waals surface area contributed by atoms with Crippen molar-refractivity contribution in [1.82, 2.24) is 0 Å². The molecule has 1 rings (SSSR count). The van der Waals surface area contributed by atoms with Gasteiger partial charge in [-0.1, -0.05) is 13.3 Å². The van der Waals surface area contributed by atoms with Crippen molar-refractivity contribution in [3.8, 4) is 5.75 Å². The Bertz CT molecular complexity index is 416. The van der Waals surface area contributed by atoms with Gasteiger partial charge in [0.15, 0.2) is 0 Å². The fourth-order valence-corrected chi connectivity index (χ4v) is 2.87. The van der Waals surface area contributed by atoms with Gasteiger partial charge in [-0.3, -0.25) is 0 Å². The summed E-state index contributed by atoms with van der Waals surface area (Å²) in [6.45, 7) is 3.58. The Morgan fingerprint density at radius 2 is 2.05 bits per heavy atom. The normalized spacial score (nSPS) is 12.2. The molecule has 0 saturated carbocycles. The van der Waals surface area contributed by atoms with Gasteiger partial charge in [0.25, 0.3) is 0 Å². The quantitative estimate of drug-likeness (QED) is 0.607. The summed E-state index contributed by atoms with van der Waals surface area (Å²) in [5.41, 5.74) is 0.873. The molecule has 0 spiro atoms. The van der Waals surface area contributed by atoms with E-state index in [0.29, 0.717) is 19.8 Å². The number of benzene rings is 1. The molecule has 0 amide bonds. The molecule has 0 radical (unpaired) electrons. The number of unbranched alkanes of at least 4 members (excludes halogenated alkanes) is 1. The van der Waals surface area contributed by atoms with Crippen LogP contribution in [0.3, 0.4) is 0 Å². The number of anilines is 1. The molecular formula is C14H21Br2NO3. The number of aliphatic hydroxyl groups is 1. The van der Waals surface area contributed by atoms with Crippen LogP contribution in [0.1, 0.15) is 19.8 Å². The summed E-state index contributed by atoms with van der Waals surface area (Å²) >= 11 is 6.89. The largest absolute Gasteiger partial charge is 0.495 e. The Morgan fingerprint density at radius 1 is 1.30 bits per heavy atom. The second-order valence-electron chi connectivity index (χ2n) is 4.43. The lowest BCUT2D eigenvalue weighted by molar-refractivity contribution is 0.0421. The van der Waals surface area contributed by atoms with Crippen molar-refractivity contribution in [1.29, 1.82) is 0 Å². The van der Waals surface area contributed by atoms with Crippen molar-refractivity contribution in [3.05, 3.63) is 21.1 Å². The predicted molar refractivity (Wildman–Crippen MR) is 88.6 cm³/mol. The van der Waals surface area contributed by atoms with E-state index >= 15 is 0 Å². The van der Waals surface area contributed by atoms with E-state index < -0.39 is 6.10 Å². The molecule has 1 unspecified atom stereocenters. The molecule has 0 aromatic heterocycles. The molecule has 1 atom stereocenters. The Balaban J connectivity index is 2.44. The predicted octanol–water partition coefficient (Wildman–Crippen LogP) is 3.81. The number of hydrogen-bond acceptors (Lipinski definition) is 4. The summed E-state index contributed by atoms with van der Waals surface area (Å²) in [4.78, 5) is 0. The summed E-state index contributed by atoms with van der Waals surface area (Å²) in [5.74, 6) is 0.740. The minimum atomic E-state index is -0.534. The average molecular weight is 411 g/mol. The summed E-state index contributed by atoms with van der Waals surface area (Å²) in [6, 6.07) is 3.78. The monoisotopic (exact) mass is 409 g/mol. The number of nitrogens with one attached hydrogen (secondary N) is 1. The van der Waals surface area contributed by atoms with Gasteiger partial charge < -0.3 is 19.9 Å². The first-order valence-electron chi connectivity index (χ1n) is 6.61. The molecule has 2 N–H and O–H groups in total. The van der Waals surface area contributed by atoms with Crippen molar-refractivity contribution in [2.75, 3.05) is 32.2 Å².